The first kappa shape index (κ1) is 20.1. The molecule has 10 heteroatoms. The minimum absolute atomic E-state index is 0.0291. The maximum absolute atomic E-state index is 11.1. The van der Waals surface area contributed by atoms with Crippen LogP contribution in [-0.4, -0.2) is 57.6 Å². The van der Waals surface area contributed by atoms with E-state index in [0.717, 1.165) is 33.7 Å². The topological polar surface area (TPSA) is 133 Å². The van der Waals surface area contributed by atoms with Crippen LogP contribution in [0.3, 0.4) is 0 Å². The molecular formula is C12H16N2O6S2. The molecule has 122 valence electrons. The van der Waals surface area contributed by atoms with Crippen LogP contribution in [0.4, 0.5) is 0 Å². The summed E-state index contributed by atoms with van der Waals surface area (Å²) in [5.41, 5.74) is 0. The Bertz CT molecular complexity index is 427. The summed E-state index contributed by atoms with van der Waals surface area (Å²) in [4.78, 5) is 44.0. The van der Waals surface area contributed by atoms with Gasteiger partial charge < -0.3 is 20.8 Å². The van der Waals surface area contributed by atoms with Crippen LogP contribution in [0.1, 0.15) is 0 Å². The highest BCUT2D eigenvalue weighted by molar-refractivity contribution is 8.76. The van der Waals surface area contributed by atoms with E-state index in [1.807, 2.05) is 0 Å². The first-order valence-corrected chi connectivity index (χ1v) is 8.36. The van der Waals surface area contributed by atoms with Gasteiger partial charge in [-0.15, -0.1) is 0 Å². The predicted octanol–water partition coefficient (Wildman–Crippen LogP) is -0.121. The van der Waals surface area contributed by atoms with Gasteiger partial charge in [0.15, 0.2) is 0 Å². The third-order valence-electron chi connectivity index (χ3n) is 2.15. The normalized spacial score (nSPS) is 12.5. The number of nitrogens with one attached hydrogen (secondary N) is 2. The van der Waals surface area contributed by atoms with Crippen molar-refractivity contribution in [1.82, 2.24) is 10.6 Å². The van der Waals surface area contributed by atoms with E-state index in [2.05, 4.69) is 23.8 Å². The Balaban J connectivity index is 4.29. The lowest BCUT2D eigenvalue weighted by Crippen LogP contribution is -2.42. The van der Waals surface area contributed by atoms with Gasteiger partial charge in [-0.3, -0.25) is 9.59 Å². The maximum Gasteiger partial charge on any atom is 0.327 e. The molecule has 2 atom stereocenters. The standard InChI is InChI=1S/C12H16N2O6S2/c1-3-9(15)13-7(11(17)18)5-21-22-6-8(12(19)20)14-10(16)4-2/h3-4,7-8H,1-2,5-6H2,(H,13,15)(H,14,16)(H,17,18)(H,19,20)/t7-,8-/m0/s1. The van der Waals surface area contributed by atoms with Crippen LogP contribution in [0.15, 0.2) is 25.3 Å². The molecule has 0 aliphatic heterocycles. The van der Waals surface area contributed by atoms with E-state index in [0.29, 0.717) is 0 Å². The van der Waals surface area contributed by atoms with Gasteiger partial charge in [0.1, 0.15) is 12.1 Å². The summed E-state index contributed by atoms with van der Waals surface area (Å²) in [5.74, 6) is -3.58. The Labute approximate surface area is 134 Å². The third-order valence-corrected chi connectivity index (χ3v) is 4.57. The molecule has 0 saturated heterocycles. The van der Waals surface area contributed by atoms with Crippen LogP contribution in [0, 0.1) is 0 Å². The molecule has 22 heavy (non-hydrogen) atoms. The van der Waals surface area contributed by atoms with Crippen molar-refractivity contribution in [2.24, 2.45) is 0 Å². The number of rotatable bonds is 11. The minimum Gasteiger partial charge on any atom is -0.480 e. The van der Waals surface area contributed by atoms with Gasteiger partial charge in [0.2, 0.25) is 11.8 Å². The van der Waals surface area contributed by atoms with Crippen LogP contribution in [0.2, 0.25) is 0 Å². The van der Waals surface area contributed by atoms with Crippen molar-refractivity contribution in [3.63, 3.8) is 0 Å². The van der Waals surface area contributed by atoms with Gasteiger partial charge in [0.25, 0.3) is 0 Å². The van der Waals surface area contributed by atoms with E-state index in [4.69, 9.17) is 10.2 Å². The molecule has 4 N–H and O–H groups in total. The van der Waals surface area contributed by atoms with Gasteiger partial charge >= 0.3 is 11.9 Å². The fourth-order valence-corrected chi connectivity index (χ4v) is 3.35. The lowest BCUT2D eigenvalue weighted by molar-refractivity contribution is -0.141. The fraction of sp³-hybridized carbons (Fsp3) is 0.333. The van der Waals surface area contributed by atoms with Crippen molar-refractivity contribution in [2.75, 3.05) is 11.5 Å². The number of carboxylic acids is 2. The molecule has 8 nitrogen and oxygen atoms in total. The number of amides is 2. The summed E-state index contributed by atoms with van der Waals surface area (Å²) in [6.07, 6.45) is 1.91. The molecule has 0 saturated carbocycles. The second-order valence-corrected chi connectivity index (χ2v) is 6.33. The Morgan fingerprint density at radius 1 is 0.864 bits per heavy atom. The van der Waals surface area contributed by atoms with Crippen molar-refractivity contribution >= 4 is 45.3 Å². The van der Waals surface area contributed by atoms with Gasteiger partial charge in [-0.1, -0.05) is 34.7 Å². The number of aliphatic carboxylic acids is 2. The molecule has 0 aliphatic rings. The minimum atomic E-state index is -1.21. The van der Waals surface area contributed by atoms with E-state index in [1.54, 1.807) is 0 Å². The van der Waals surface area contributed by atoms with Gasteiger partial charge in [0, 0.05) is 11.5 Å². The molecule has 0 fully saturated rings. The average Bonchev–Trinajstić information content (AvgIpc) is 2.47. The zero-order chi connectivity index (χ0) is 17.1. The Morgan fingerprint density at radius 3 is 1.41 bits per heavy atom. The Kier molecular flexibility index (Phi) is 9.79. The molecule has 0 rings (SSSR count). The highest BCUT2D eigenvalue weighted by atomic mass is 33.1. The summed E-state index contributed by atoms with van der Waals surface area (Å²) >= 11 is 0. The first-order valence-electron chi connectivity index (χ1n) is 5.87. The molecule has 0 heterocycles. The largest absolute Gasteiger partial charge is 0.480 e. The summed E-state index contributed by atoms with van der Waals surface area (Å²) in [7, 11) is 2.14. The number of carbonyl (C=O) groups excluding carboxylic acids is 2. The zero-order valence-corrected chi connectivity index (χ0v) is 13.1. The van der Waals surface area contributed by atoms with Crippen molar-refractivity contribution < 1.29 is 29.4 Å². The van der Waals surface area contributed by atoms with E-state index in [-0.39, 0.29) is 11.5 Å². The maximum atomic E-state index is 11.1. The average molecular weight is 348 g/mol. The summed E-state index contributed by atoms with van der Waals surface area (Å²) in [6, 6.07) is -2.23. The van der Waals surface area contributed by atoms with E-state index in [1.165, 1.54) is 0 Å². The SMILES string of the molecule is C=CC(=O)N[C@@H](CSSC[C@H](NC(=O)C=C)C(=O)O)C(=O)O. The highest BCUT2D eigenvalue weighted by Crippen LogP contribution is 2.23. The molecule has 0 radical (unpaired) electrons. The van der Waals surface area contributed by atoms with Crippen LogP contribution < -0.4 is 10.6 Å². The van der Waals surface area contributed by atoms with E-state index < -0.39 is 35.8 Å². The van der Waals surface area contributed by atoms with Crippen molar-refractivity contribution in [2.45, 2.75) is 12.1 Å². The number of carbonyl (C=O) groups is 4. The smallest absolute Gasteiger partial charge is 0.327 e. The van der Waals surface area contributed by atoms with Crippen molar-refractivity contribution in [1.29, 1.82) is 0 Å². The third kappa shape index (κ3) is 8.37. The predicted molar refractivity (Wildman–Crippen MR) is 84.4 cm³/mol. The number of hydrogen-bond acceptors (Lipinski definition) is 6. The van der Waals surface area contributed by atoms with Crippen LogP contribution in [0.5, 0.6) is 0 Å². The quantitative estimate of drug-likeness (QED) is 0.231. The van der Waals surface area contributed by atoms with Crippen molar-refractivity contribution in [3.05, 3.63) is 25.3 Å². The molecule has 0 aromatic rings. The van der Waals surface area contributed by atoms with Crippen LogP contribution in [-0.2, 0) is 19.2 Å². The summed E-state index contributed by atoms with van der Waals surface area (Å²) in [5, 5.41) is 22.3. The molecule has 0 bridgehead atoms. The summed E-state index contributed by atoms with van der Waals surface area (Å²) in [6.45, 7) is 6.43. The highest BCUT2D eigenvalue weighted by Gasteiger charge is 2.21. The Hall–Kier alpha value is -1.94. The molecular weight excluding hydrogens is 332 g/mol. The second kappa shape index (κ2) is 10.7. The molecule has 0 aromatic carbocycles. The monoisotopic (exact) mass is 348 g/mol. The lowest BCUT2D eigenvalue weighted by Gasteiger charge is -2.14. The molecule has 0 aliphatic carbocycles. The molecule has 0 aromatic heterocycles. The van der Waals surface area contributed by atoms with Crippen LogP contribution >= 0.6 is 21.6 Å². The van der Waals surface area contributed by atoms with Crippen LogP contribution in [0.25, 0.3) is 0 Å². The zero-order valence-electron chi connectivity index (χ0n) is 11.5. The van der Waals surface area contributed by atoms with Gasteiger partial charge in [-0.05, 0) is 12.2 Å². The fourth-order valence-electron chi connectivity index (χ4n) is 1.04. The Morgan fingerprint density at radius 2 is 1.18 bits per heavy atom. The number of carboxylic acid groups (broad SMARTS) is 2. The van der Waals surface area contributed by atoms with Gasteiger partial charge in [-0.25, -0.2) is 9.59 Å². The number of hydrogen-bond donors (Lipinski definition) is 4. The molecule has 0 unspecified atom stereocenters. The second-order valence-electron chi connectivity index (χ2n) is 3.78. The molecule has 0 spiro atoms. The van der Waals surface area contributed by atoms with Gasteiger partial charge in [-0.2, -0.15) is 0 Å². The van der Waals surface area contributed by atoms with Gasteiger partial charge in [0.05, 0.1) is 0 Å². The van der Waals surface area contributed by atoms with Crippen molar-refractivity contribution in [3.8, 4) is 0 Å². The van der Waals surface area contributed by atoms with E-state index >= 15 is 0 Å². The lowest BCUT2D eigenvalue weighted by atomic mass is 10.3. The summed E-state index contributed by atoms with van der Waals surface area (Å²) < 4.78 is 0. The first-order chi connectivity index (χ1) is 10.3. The van der Waals surface area contributed by atoms with E-state index in [9.17, 15) is 19.2 Å². The molecule has 2 amide bonds.